The number of hydrogen-bond acceptors (Lipinski definition) is 9. The van der Waals surface area contributed by atoms with Crippen LogP contribution >= 0.6 is 0 Å². The van der Waals surface area contributed by atoms with E-state index in [0.29, 0.717) is 12.8 Å². The summed E-state index contributed by atoms with van der Waals surface area (Å²) in [6, 6.07) is -6.29. The average Bonchev–Trinajstić information content (AvgIpc) is 2.79. The van der Waals surface area contributed by atoms with Gasteiger partial charge < -0.3 is 41.9 Å². The van der Waals surface area contributed by atoms with Crippen LogP contribution in [0.4, 0.5) is 4.79 Å². The molecule has 1 rings (SSSR count). The van der Waals surface area contributed by atoms with Crippen molar-refractivity contribution in [2.24, 2.45) is 22.5 Å². The third-order valence-electron chi connectivity index (χ3n) is 5.24. The van der Waals surface area contributed by atoms with Gasteiger partial charge in [0.25, 0.3) is 0 Å². The number of aliphatic imine (C=N–C) groups is 1. The highest BCUT2D eigenvalue weighted by Crippen LogP contribution is 2.11. The van der Waals surface area contributed by atoms with Crippen LogP contribution < -0.4 is 32.8 Å². The van der Waals surface area contributed by atoms with Crippen LogP contribution in [0.1, 0.15) is 46.5 Å². The van der Waals surface area contributed by atoms with Gasteiger partial charge >= 0.3 is 12.0 Å². The molecule has 202 valence electrons. The van der Waals surface area contributed by atoms with Crippen LogP contribution in [0.5, 0.6) is 0 Å². The van der Waals surface area contributed by atoms with E-state index in [4.69, 9.17) is 11.6 Å². The Morgan fingerprint density at radius 2 is 1.75 bits per heavy atom. The number of nitrogens with two attached hydrogens (primary N) is 2. The number of hydrogen-bond donors (Lipinski definition) is 7. The molecule has 0 bridgehead atoms. The van der Waals surface area contributed by atoms with Gasteiger partial charge in [-0.05, 0) is 32.1 Å². The van der Waals surface area contributed by atoms with Gasteiger partial charge in [0.2, 0.25) is 17.7 Å². The first-order valence-corrected chi connectivity index (χ1v) is 11.5. The number of rotatable bonds is 14. The number of urea groups is 1. The minimum absolute atomic E-state index is 0.0257. The van der Waals surface area contributed by atoms with Crippen molar-refractivity contribution in [3.63, 3.8) is 0 Å². The Morgan fingerprint density at radius 1 is 1.08 bits per heavy atom. The lowest BCUT2D eigenvalue weighted by Gasteiger charge is -2.30. The summed E-state index contributed by atoms with van der Waals surface area (Å²) < 4.78 is 0. The molecular weight excluding hydrogens is 476 g/mol. The van der Waals surface area contributed by atoms with E-state index in [0.717, 1.165) is 0 Å². The molecule has 15 heteroatoms. The lowest BCUT2D eigenvalue weighted by molar-refractivity contribution is -0.139. The van der Waals surface area contributed by atoms with Crippen LogP contribution in [0, 0.1) is 5.92 Å². The number of carboxylic acids is 1. The molecule has 0 fully saturated rings. The lowest BCUT2D eigenvalue weighted by atomic mass is 10.0. The third-order valence-corrected chi connectivity index (χ3v) is 5.24. The largest absolute Gasteiger partial charge is 0.480 e. The topological polar surface area (TPSA) is 238 Å². The van der Waals surface area contributed by atoms with Crippen LogP contribution in [-0.2, 0) is 24.0 Å². The van der Waals surface area contributed by atoms with Gasteiger partial charge in [-0.25, -0.2) is 15.4 Å². The van der Waals surface area contributed by atoms with Crippen molar-refractivity contribution in [3.8, 4) is 0 Å². The quantitative estimate of drug-likeness (QED) is 0.0966. The van der Waals surface area contributed by atoms with Gasteiger partial charge in [-0.15, -0.1) is 0 Å². The number of aldehydes is 1. The molecule has 0 saturated heterocycles. The smallest absolute Gasteiger partial charge is 0.326 e. The summed E-state index contributed by atoms with van der Waals surface area (Å²) >= 11 is 0. The number of amides is 5. The molecule has 36 heavy (non-hydrogen) atoms. The van der Waals surface area contributed by atoms with Gasteiger partial charge in [0.05, 0.1) is 18.4 Å². The summed E-state index contributed by atoms with van der Waals surface area (Å²) in [5.74, 6) is 2.16. The zero-order chi connectivity index (χ0) is 27.4. The maximum Gasteiger partial charge on any atom is 0.326 e. The van der Waals surface area contributed by atoms with Gasteiger partial charge in [0.15, 0.2) is 0 Å². The Labute approximate surface area is 208 Å². The second-order valence-corrected chi connectivity index (χ2v) is 8.97. The summed E-state index contributed by atoms with van der Waals surface area (Å²) in [6.07, 6.45) is 1.82. The summed E-state index contributed by atoms with van der Waals surface area (Å²) in [6.45, 7) is 5.33. The van der Waals surface area contributed by atoms with Crippen molar-refractivity contribution >= 4 is 42.3 Å². The Balaban J connectivity index is 3.10. The number of carbonyl (C=O) groups excluding carboxylic acids is 5. The molecule has 0 aromatic rings. The zero-order valence-corrected chi connectivity index (χ0v) is 20.6. The van der Waals surface area contributed by atoms with E-state index in [2.05, 4.69) is 26.3 Å². The van der Waals surface area contributed by atoms with E-state index in [1.165, 1.54) is 18.3 Å². The lowest BCUT2D eigenvalue weighted by Crippen LogP contribution is -2.61. The molecule has 1 heterocycles. The van der Waals surface area contributed by atoms with Crippen LogP contribution in [-0.4, -0.2) is 89.2 Å². The first-order valence-electron chi connectivity index (χ1n) is 11.5. The average molecular weight is 513 g/mol. The maximum absolute atomic E-state index is 13.2. The molecule has 9 N–H and O–H groups in total. The second-order valence-electron chi connectivity index (χ2n) is 8.97. The zero-order valence-electron chi connectivity index (χ0n) is 20.6. The Kier molecular flexibility index (Phi) is 12.3. The fraction of sp³-hybridized carbons (Fsp3) is 0.667. The van der Waals surface area contributed by atoms with Gasteiger partial charge in [-0.2, -0.15) is 0 Å². The van der Waals surface area contributed by atoms with Crippen LogP contribution in [0.2, 0.25) is 0 Å². The first kappa shape index (κ1) is 30.3. The Bertz CT molecular complexity index is 850. The number of primary amides is 1. The number of carbonyl (C=O) groups is 6. The van der Waals surface area contributed by atoms with Crippen molar-refractivity contribution in [1.29, 1.82) is 0 Å². The molecule has 0 spiro atoms. The highest BCUT2D eigenvalue weighted by Gasteiger charge is 2.35. The molecular formula is C21H36N8O7. The normalized spacial score (nSPS) is 18.4. The molecule has 5 atom stereocenters. The molecule has 0 aromatic heterocycles. The van der Waals surface area contributed by atoms with E-state index >= 15 is 0 Å². The minimum atomic E-state index is -1.31. The maximum atomic E-state index is 13.2. The van der Waals surface area contributed by atoms with E-state index in [1.54, 1.807) is 13.8 Å². The standard InChI is InChI=1S/C21H36N8O7/c1-11(2)8-15(20(34)35)27-21(36)28-17(13-6-7-29(23)10-24-13)19(33)26-14(4-5-16(22)31)18(32)25-12(3)9-30/h9-15,17H,4-8,23H2,1-3H3,(H2,22,31)(H,25,32)(H,26,33)(H,34,35)(H2,27,28,36)/t12?,13?,14-,15?,17?/m0/s1. The minimum Gasteiger partial charge on any atom is -0.480 e. The second kappa shape index (κ2) is 14.6. The van der Waals surface area contributed by atoms with Crippen molar-refractivity contribution in [2.75, 3.05) is 6.54 Å². The SMILES string of the molecule is CC(C)CC(NC(=O)NC(C(=O)N[C@@H](CCC(N)=O)C(=O)NC(C)C=O)C1CCN(N)C=N1)C(=O)O. The predicted molar refractivity (Wildman–Crippen MR) is 128 cm³/mol. The number of nitrogens with zero attached hydrogens (tertiary/aromatic N) is 2. The Hall–Kier alpha value is -3.75. The third kappa shape index (κ3) is 10.7. The fourth-order valence-corrected chi connectivity index (χ4v) is 3.38. The number of carboxylic acid groups (broad SMARTS) is 1. The van der Waals surface area contributed by atoms with Crippen molar-refractivity contribution in [1.82, 2.24) is 26.3 Å². The number of hydrazine groups is 1. The van der Waals surface area contributed by atoms with Crippen molar-refractivity contribution in [3.05, 3.63) is 0 Å². The predicted octanol–water partition coefficient (Wildman–Crippen LogP) is -2.42. The number of aliphatic carboxylic acids is 1. The summed E-state index contributed by atoms with van der Waals surface area (Å²) in [5.41, 5.74) is 5.17. The molecule has 4 unspecified atom stereocenters. The molecule has 15 nitrogen and oxygen atoms in total. The fourth-order valence-electron chi connectivity index (χ4n) is 3.38. The molecule has 0 aliphatic carbocycles. The van der Waals surface area contributed by atoms with Gasteiger partial charge in [-0.3, -0.25) is 19.4 Å². The highest BCUT2D eigenvalue weighted by atomic mass is 16.4. The van der Waals surface area contributed by atoms with Gasteiger partial charge in [0.1, 0.15) is 24.4 Å². The van der Waals surface area contributed by atoms with Crippen LogP contribution in [0.15, 0.2) is 4.99 Å². The monoisotopic (exact) mass is 512 g/mol. The van der Waals surface area contributed by atoms with E-state index in [9.17, 15) is 33.9 Å². The molecule has 0 aromatic carbocycles. The summed E-state index contributed by atoms with van der Waals surface area (Å²) in [4.78, 5) is 76.3. The molecule has 5 amide bonds. The van der Waals surface area contributed by atoms with Crippen molar-refractivity contribution < 1.29 is 33.9 Å². The summed E-state index contributed by atoms with van der Waals surface area (Å²) in [5, 5.41) is 20.3. The number of nitrogens with one attached hydrogen (secondary N) is 4. The Morgan fingerprint density at radius 3 is 2.25 bits per heavy atom. The van der Waals surface area contributed by atoms with Gasteiger partial charge in [-0.1, -0.05) is 13.8 Å². The van der Waals surface area contributed by atoms with E-state index in [-0.39, 0.29) is 31.6 Å². The molecule has 0 saturated carbocycles. The highest BCUT2D eigenvalue weighted by molar-refractivity contribution is 5.94. The molecule has 1 aliphatic heterocycles. The van der Waals surface area contributed by atoms with Gasteiger partial charge in [0, 0.05) is 13.0 Å². The van der Waals surface area contributed by atoms with E-state index in [1.807, 2.05) is 0 Å². The first-order chi connectivity index (χ1) is 16.8. The van der Waals surface area contributed by atoms with Crippen molar-refractivity contribution in [2.45, 2.75) is 76.7 Å². The van der Waals surface area contributed by atoms with Crippen LogP contribution in [0.3, 0.4) is 0 Å². The molecule has 1 aliphatic rings. The molecule has 0 radical (unpaired) electrons. The van der Waals surface area contributed by atoms with Crippen LogP contribution in [0.25, 0.3) is 0 Å². The summed E-state index contributed by atoms with van der Waals surface area (Å²) in [7, 11) is 0. The van der Waals surface area contributed by atoms with E-state index < -0.39 is 59.9 Å².